The molecule has 2 aromatic heterocycles. The van der Waals surface area contributed by atoms with Gasteiger partial charge in [0, 0.05) is 11.4 Å². The van der Waals surface area contributed by atoms with Crippen molar-refractivity contribution in [3.05, 3.63) is 33.3 Å². The van der Waals surface area contributed by atoms with E-state index < -0.39 is 0 Å². The van der Waals surface area contributed by atoms with Gasteiger partial charge in [-0.3, -0.25) is 9.48 Å². The lowest BCUT2D eigenvalue weighted by molar-refractivity contribution is 0.102. The number of thiophene rings is 1. The number of fused-ring (bicyclic) bond motifs is 1. The summed E-state index contributed by atoms with van der Waals surface area (Å²) in [6, 6.07) is 2.08. The lowest BCUT2D eigenvalue weighted by Gasteiger charge is -2.04. The van der Waals surface area contributed by atoms with Crippen molar-refractivity contribution in [1.29, 1.82) is 0 Å². The number of ketones is 1. The number of nitrogens with zero attached hydrogens (tertiary/aromatic N) is 2. The van der Waals surface area contributed by atoms with Gasteiger partial charge in [-0.2, -0.15) is 5.10 Å². The Morgan fingerprint density at radius 2 is 2.19 bits per heavy atom. The Morgan fingerprint density at radius 3 is 2.95 bits per heavy atom. The maximum Gasteiger partial charge on any atom is 0.224 e. The summed E-state index contributed by atoms with van der Waals surface area (Å²) in [6.07, 6.45) is 7.59. The monoisotopic (exact) mass is 304 g/mol. The van der Waals surface area contributed by atoms with Crippen LogP contribution in [0.1, 0.15) is 52.0 Å². The van der Waals surface area contributed by atoms with Crippen molar-refractivity contribution in [3.63, 3.8) is 0 Å². The Kier molecular flexibility index (Phi) is 4.10. The highest BCUT2D eigenvalue weighted by Crippen LogP contribution is 2.31. The highest BCUT2D eigenvalue weighted by molar-refractivity contribution is 7.14. The molecule has 0 aromatic carbocycles. The molecule has 1 aliphatic carbocycles. The topological polar surface area (TPSA) is 44.1 Å². The van der Waals surface area contributed by atoms with Gasteiger partial charge in [0.25, 0.3) is 0 Å². The quantitative estimate of drug-likeness (QED) is 0.641. The van der Waals surface area contributed by atoms with E-state index in [1.165, 1.54) is 29.7 Å². The van der Waals surface area contributed by atoms with Gasteiger partial charge in [-0.1, -0.05) is 6.42 Å². The van der Waals surface area contributed by atoms with Crippen molar-refractivity contribution < 1.29 is 9.53 Å². The van der Waals surface area contributed by atoms with Crippen LogP contribution in [-0.2, 0) is 19.4 Å². The van der Waals surface area contributed by atoms with Crippen LogP contribution in [0.4, 0.5) is 0 Å². The zero-order valence-electron chi connectivity index (χ0n) is 12.5. The summed E-state index contributed by atoms with van der Waals surface area (Å²) < 4.78 is 7.01. The smallest absolute Gasteiger partial charge is 0.224 e. The fourth-order valence-corrected chi connectivity index (χ4v) is 4.08. The number of aromatic nitrogens is 2. The zero-order valence-corrected chi connectivity index (χ0v) is 13.3. The molecule has 0 saturated heterocycles. The highest BCUT2D eigenvalue weighted by Gasteiger charge is 2.23. The molecule has 2 heterocycles. The minimum Gasteiger partial charge on any atom is -0.493 e. The van der Waals surface area contributed by atoms with Crippen molar-refractivity contribution >= 4 is 17.1 Å². The average Bonchev–Trinajstić information content (AvgIpc) is 3.04. The van der Waals surface area contributed by atoms with Gasteiger partial charge in [0.05, 0.1) is 18.2 Å². The van der Waals surface area contributed by atoms with Crippen LogP contribution >= 0.6 is 11.3 Å². The third-order valence-corrected chi connectivity index (χ3v) is 5.25. The fourth-order valence-electron chi connectivity index (χ4n) is 2.88. The SMILES string of the molecule is CCn1ncc(OC)c1C(=O)c1cc2c(s1)CCCCC2. The van der Waals surface area contributed by atoms with Crippen molar-refractivity contribution in [2.45, 2.75) is 45.6 Å². The van der Waals surface area contributed by atoms with E-state index in [9.17, 15) is 4.79 Å². The van der Waals surface area contributed by atoms with Crippen molar-refractivity contribution in [1.82, 2.24) is 9.78 Å². The molecule has 112 valence electrons. The second-order valence-electron chi connectivity index (χ2n) is 5.33. The summed E-state index contributed by atoms with van der Waals surface area (Å²) in [6.45, 7) is 2.64. The molecule has 0 aliphatic heterocycles. The van der Waals surface area contributed by atoms with Gasteiger partial charge in [-0.05, 0) is 44.2 Å². The van der Waals surface area contributed by atoms with Gasteiger partial charge in [-0.15, -0.1) is 11.3 Å². The standard InChI is InChI=1S/C16H20N2O2S/c1-3-18-15(12(20-2)10-17-18)16(19)14-9-11-7-5-4-6-8-13(11)21-14/h9-10H,3-8H2,1-2H3. The summed E-state index contributed by atoms with van der Waals surface area (Å²) in [5.74, 6) is 0.592. The molecule has 0 atom stereocenters. The largest absolute Gasteiger partial charge is 0.493 e. The number of carbonyl (C=O) groups is 1. The highest BCUT2D eigenvalue weighted by atomic mass is 32.1. The molecule has 21 heavy (non-hydrogen) atoms. The predicted octanol–water partition coefficient (Wildman–Crippen LogP) is 3.47. The van der Waals surface area contributed by atoms with Crippen LogP contribution in [0, 0.1) is 0 Å². The van der Waals surface area contributed by atoms with E-state index in [0.717, 1.165) is 17.7 Å². The Hall–Kier alpha value is -1.62. The van der Waals surface area contributed by atoms with Crippen LogP contribution < -0.4 is 4.74 Å². The first-order chi connectivity index (χ1) is 10.2. The van der Waals surface area contributed by atoms with E-state index in [1.54, 1.807) is 29.3 Å². The Labute approximate surface area is 128 Å². The lowest BCUT2D eigenvalue weighted by Crippen LogP contribution is -2.10. The molecule has 0 N–H and O–H groups in total. The van der Waals surface area contributed by atoms with E-state index in [2.05, 4.69) is 11.2 Å². The molecule has 0 amide bonds. The van der Waals surface area contributed by atoms with Gasteiger partial charge >= 0.3 is 0 Å². The van der Waals surface area contributed by atoms with Crippen molar-refractivity contribution in [3.8, 4) is 5.75 Å². The fraction of sp³-hybridized carbons (Fsp3) is 0.500. The molecular weight excluding hydrogens is 284 g/mol. The van der Waals surface area contributed by atoms with E-state index in [1.807, 2.05) is 6.92 Å². The number of rotatable bonds is 4. The first-order valence-electron chi connectivity index (χ1n) is 7.50. The van der Waals surface area contributed by atoms with Crippen LogP contribution in [0.25, 0.3) is 0 Å². The van der Waals surface area contributed by atoms with Crippen molar-refractivity contribution in [2.24, 2.45) is 0 Å². The second kappa shape index (κ2) is 6.02. The molecule has 2 aromatic rings. The number of hydrogen-bond acceptors (Lipinski definition) is 4. The van der Waals surface area contributed by atoms with Crippen molar-refractivity contribution in [2.75, 3.05) is 7.11 Å². The third kappa shape index (κ3) is 2.62. The summed E-state index contributed by atoms with van der Waals surface area (Å²) in [4.78, 5) is 15.0. The Bertz CT molecular complexity index is 612. The van der Waals surface area contributed by atoms with Crippen LogP contribution in [0.5, 0.6) is 5.75 Å². The number of carbonyl (C=O) groups excluding carboxylic acids is 1. The first-order valence-corrected chi connectivity index (χ1v) is 8.32. The van der Waals surface area contributed by atoms with E-state index in [0.29, 0.717) is 18.0 Å². The van der Waals surface area contributed by atoms with E-state index >= 15 is 0 Å². The second-order valence-corrected chi connectivity index (χ2v) is 6.46. The molecule has 0 spiro atoms. The summed E-state index contributed by atoms with van der Waals surface area (Å²) in [5, 5.41) is 4.22. The number of methoxy groups -OCH3 is 1. The summed E-state index contributed by atoms with van der Waals surface area (Å²) in [7, 11) is 1.58. The van der Waals surface area contributed by atoms with Gasteiger partial charge in [0.2, 0.25) is 5.78 Å². The normalized spacial score (nSPS) is 14.6. The molecule has 0 radical (unpaired) electrons. The minimum atomic E-state index is 0.0317. The summed E-state index contributed by atoms with van der Waals surface area (Å²) >= 11 is 1.65. The lowest BCUT2D eigenvalue weighted by atomic mass is 10.1. The van der Waals surface area contributed by atoms with Crippen LogP contribution in [-0.4, -0.2) is 22.7 Å². The molecule has 0 unspecified atom stereocenters. The molecular formula is C16H20N2O2S. The van der Waals surface area contributed by atoms with Gasteiger partial charge in [0.1, 0.15) is 0 Å². The number of aryl methyl sites for hydroxylation is 3. The van der Waals surface area contributed by atoms with Gasteiger partial charge in [0.15, 0.2) is 11.4 Å². The van der Waals surface area contributed by atoms with Crippen LogP contribution in [0.15, 0.2) is 12.3 Å². The molecule has 1 aliphatic rings. The van der Waals surface area contributed by atoms with E-state index in [-0.39, 0.29) is 5.78 Å². The maximum atomic E-state index is 12.8. The maximum absolute atomic E-state index is 12.8. The number of hydrogen-bond donors (Lipinski definition) is 0. The Balaban J connectivity index is 1.97. The zero-order chi connectivity index (χ0) is 14.8. The van der Waals surface area contributed by atoms with Gasteiger partial charge < -0.3 is 4.74 Å². The predicted molar refractivity (Wildman–Crippen MR) is 83.5 cm³/mol. The summed E-state index contributed by atoms with van der Waals surface area (Å²) in [5.41, 5.74) is 1.93. The molecule has 3 rings (SSSR count). The first kappa shape index (κ1) is 14.3. The average molecular weight is 304 g/mol. The minimum absolute atomic E-state index is 0.0317. The van der Waals surface area contributed by atoms with Crippen LogP contribution in [0.2, 0.25) is 0 Å². The van der Waals surface area contributed by atoms with Gasteiger partial charge in [-0.25, -0.2) is 0 Å². The molecule has 4 nitrogen and oxygen atoms in total. The Morgan fingerprint density at radius 1 is 1.38 bits per heavy atom. The molecule has 0 fully saturated rings. The van der Waals surface area contributed by atoms with E-state index in [4.69, 9.17) is 4.74 Å². The molecule has 0 bridgehead atoms. The van der Waals surface area contributed by atoms with Crippen LogP contribution in [0.3, 0.4) is 0 Å². The third-order valence-electron chi connectivity index (χ3n) is 4.01. The molecule has 5 heteroatoms. The number of ether oxygens (including phenoxy) is 1. The molecule has 0 saturated carbocycles.